The van der Waals surface area contributed by atoms with Crippen molar-refractivity contribution in [3.05, 3.63) is 53.1 Å². The summed E-state index contributed by atoms with van der Waals surface area (Å²) in [6, 6.07) is 5.15. The summed E-state index contributed by atoms with van der Waals surface area (Å²) in [7, 11) is 2.91. The molecule has 0 aliphatic carbocycles. The number of anilines is 1. The molecule has 0 radical (unpaired) electrons. The van der Waals surface area contributed by atoms with Crippen molar-refractivity contribution in [2.45, 2.75) is 17.7 Å². The molecule has 1 fully saturated rings. The lowest BCUT2D eigenvalue weighted by Crippen LogP contribution is -2.34. The van der Waals surface area contributed by atoms with E-state index in [1.807, 2.05) is 0 Å². The van der Waals surface area contributed by atoms with Gasteiger partial charge in [0.05, 0.1) is 25.3 Å². The molecule has 2 aromatic rings. The highest BCUT2D eigenvalue weighted by Crippen LogP contribution is 2.42. The number of amides is 2. The van der Waals surface area contributed by atoms with Crippen LogP contribution in [-0.2, 0) is 12.4 Å². The minimum atomic E-state index is -5.01. The molecule has 1 unspecified atom stereocenters. The van der Waals surface area contributed by atoms with Gasteiger partial charge >= 0.3 is 18.4 Å². The van der Waals surface area contributed by atoms with Gasteiger partial charge in [-0.1, -0.05) is 6.07 Å². The number of thioether (sulfide) groups is 1. The number of hydrogen-bond acceptors (Lipinski definition) is 4. The Morgan fingerprint density at radius 2 is 1.56 bits per heavy atom. The van der Waals surface area contributed by atoms with E-state index in [1.165, 1.54) is 30.9 Å². The van der Waals surface area contributed by atoms with Crippen molar-refractivity contribution < 1.29 is 40.6 Å². The van der Waals surface area contributed by atoms with Crippen LogP contribution in [0.1, 0.15) is 22.1 Å². The van der Waals surface area contributed by atoms with Gasteiger partial charge in [0.15, 0.2) is 11.5 Å². The first-order chi connectivity index (χ1) is 14.9. The van der Waals surface area contributed by atoms with Crippen LogP contribution < -0.4 is 14.8 Å². The molecule has 1 heterocycles. The predicted octanol–water partition coefficient (Wildman–Crippen LogP) is 6.02. The van der Waals surface area contributed by atoms with Crippen LogP contribution in [0.2, 0.25) is 0 Å². The van der Waals surface area contributed by atoms with E-state index >= 15 is 0 Å². The van der Waals surface area contributed by atoms with E-state index in [0.29, 0.717) is 34.9 Å². The third-order valence-corrected chi connectivity index (χ3v) is 5.94. The molecule has 1 N–H and O–H groups in total. The minimum Gasteiger partial charge on any atom is -0.493 e. The third-order valence-electron chi connectivity index (χ3n) is 4.68. The topological polar surface area (TPSA) is 50.8 Å². The van der Waals surface area contributed by atoms with Gasteiger partial charge in [-0.15, -0.1) is 11.8 Å². The lowest BCUT2D eigenvalue weighted by Gasteiger charge is -2.25. The molecule has 0 spiro atoms. The van der Waals surface area contributed by atoms with Gasteiger partial charge in [0, 0.05) is 18.0 Å². The van der Waals surface area contributed by atoms with E-state index in [0.717, 1.165) is 0 Å². The van der Waals surface area contributed by atoms with Crippen molar-refractivity contribution >= 4 is 23.5 Å². The second-order valence-electron chi connectivity index (χ2n) is 6.76. The summed E-state index contributed by atoms with van der Waals surface area (Å²) < 4.78 is 88.9. The maximum Gasteiger partial charge on any atom is 0.416 e. The van der Waals surface area contributed by atoms with Crippen molar-refractivity contribution in [3.8, 4) is 11.5 Å². The van der Waals surface area contributed by atoms with E-state index < -0.39 is 40.6 Å². The lowest BCUT2D eigenvalue weighted by molar-refractivity contribution is -0.143. The number of carbonyl (C=O) groups is 1. The van der Waals surface area contributed by atoms with Crippen LogP contribution >= 0.6 is 11.8 Å². The molecule has 0 aromatic heterocycles. The Morgan fingerprint density at radius 3 is 2.09 bits per heavy atom. The zero-order valence-electron chi connectivity index (χ0n) is 16.8. The molecule has 1 aliphatic rings. The number of methoxy groups -OCH3 is 2. The van der Waals surface area contributed by atoms with Crippen molar-refractivity contribution in [2.75, 3.05) is 31.8 Å². The van der Waals surface area contributed by atoms with E-state index in [2.05, 4.69) is 5.32 Å². The molecule has 2 amide bonds. The summed E-state index contributed by atoms with van der Waals surface area (Å²) in [5, 5.41) is 1.67. The zero-order chi connectivity index (χ0) is 23.7. The summed E-state index contributed by atoms with van der Waals surface area (Å²) in [5.74, 6) is 1.42. The van der Waals surface area contributed by atoms with Crippen LogP contribution in [0.15, 0.2) is 36.4 Å². The zero-order valence-corrected chi connectivity index (χ0v) is 17.6. The summed E-state index contributed by atoms with van der Waals surface area (Å²) in [4.78, 5) is 14.1. The second-order valence-corrected chi connectivity index (χ2v) is 7.94. The maximum atomic E-state index is 13.1. The highest BCUT2D eigenvalue weighted by atomic mass is 32.2. The van der Waals surface area contributed by atoms with E-state index in [9.17, 15) is 31.1 Å². The summed E-state index contributed by atoms with van der Waals surface area (Å²) >= 11 is 1.40. The van der Waals surface area contributed by atoms with Gasteiger partial charge in [0.2, 0.25) is 0 Å². The number of urea groups is 1. The van der Waals surface area contributed by atoms with Crippen molar-refractivity contribution in [2.24, 2.45) is 0 Å². The highest BCUT2D eigenvalue weighted by molar-refractivity contribution is 7.99. The van der Waals surface area contributed by atoms with Crippen LogP contribution in [0.5, 0.6) is 11.5 Å². The molecule has 1 saturated heterocycles. The summed E-state index contributed by atoms with van der Waals surface area (Å²) in [5.41, 5.74) is -2.94. The first kappa shape index (κ1) is 23.9. The fraction of sp³-hybridized carbons (Fsp3) is 0.350. The van der Waals surface area contributed by atoms with Crippen molar-refractivity contribution in [1.29, 1.82) is 0 Å². The average molecular weight is 480 g/mol. The third kappa shape index (κ3) is 5.17. The molecule has 2 aromatic carbocycles. The largest absolute Gasteiger partial charge is 0.493 e. The minimum absolute atomic E-state index is 0.00774. The van der Waals surface area contributed by atoms with Gasteiger partial charge in [0.1, 0.15) is 5.37 Å². The van der Waals surface area contributed by atoms with Gasteiger partial charge in [-0.05, 0) is 35.9 Å². The Morgan fingerprint density at radius 1 is 0.969 bits per heavy atom. The van der Waals surface area contributed by atoms with E-state index in [-0.39, 0.29) is 12.6 Å². The Balaban J connectivity index is 1.88. The number of carbonyl (C=O) groups excluding carboxylic acids is 1. The van der Waals surface area contributed by atoms with Crippen molar-refractivity contribution in [1.82, 2.24) is 4.90 Å². The van der Waals surface area contributed by atoms with Crippen LogP contribution in [-0.4, -0.2) is 37.4 Å². The maximum absolute atomic E-state index is 13.1. The molecule has 32 heavy (non-hydrogen) atoms. The Hall–Kier alpha value is -2.76. The number of nitrogens with one attached hydrogen (secondary N) is 1. The van der Waals surface area contributed by atoms with Crippen molar-refractivity contribution in [3.63, 3.8) is 0 Å². The molecule has 0 saturated carbocycles. The second kappa shape index (κ2) is 9.00. The van der Waals surface area contributed by atoms with Gasteiger partial charge in [-0.2, -0.15) is 26.3 Å². The quantitative estimate of drug-likeness (QED) is 0.544. The van der Waals surface area contributed by atoms with Crippen LogP contribution in [0, 0.1) is 0 Å². The number of hydrogen-bond donors (Lipinski definition) is 1. The summed E-state index contributed by atoms with van der Waals surface area (Å²) in [6.07, 6.45) is -10.0. The van der Waals surface area contributed by atoms with Gasteiger partial charge in [0.25, 0.3) is 0 Å². The standard InChI is InChI=1S/C20H18F6N2O3S/c1-30-15-4-3-11(7-16(15)31-2)17-28(5-6-32-17)18(29)27-14-9-12(19(21,22)23)8-13(10-14)20(24,25)26/h3-4,7-10,17H,5-6H2,1-2H3,(H,27,29). The molecular weight excluding hydrogens is 462 g/mol. The molecule has 0 bridgehead atoms. The first-order valence-electron chi connectivity index (χ1n) is 9.14. The Kier molecular flexibility index (Phi) is 6.72. The number of rotatable bonds is 4. The molecule has 12 heteroatoms. The number of benzene rings is 2. The molecule has 1 aliphatic heterocycles. The average Bonchev–Trinajstić information content (AvgIpc) is 3.21. The number of nitrogens with zero attached hydrogens (tertiary/aromatic N) is 1. The van der Waals surface area contributed by atoms with Gasteiger partial charge in [-0.25, -0.2) is 4.79 Å². The molecule has 1 atom stereocenters. The lowest BCUT2D eigenvalue weighted by atomic mass is 10.1. The monoisotopic (exact) mass is 480 g/mol. The Bertz CT molecular complexity index is 964. The van der Waals surface area contributed by atoms with Crippen LogP contribution in [0.25, 0.3) is 0 Å². The summed E-state index contributed by atoms with van der Waals surface area (Å²) in [6.45, 7) is 0.251. The molecule has 5 nitrogen and oxygen atoms in total. The van der Waals surface area contributed by atoms with E-state index in [1.54, 1.807) is 18.2 Å². The number of ether oxygens (including phenoxy) is 2. The molecule has 3 rings (SSSR count). The number of alkyl halides is 6. The molecular formula is C20H18F6N2O3S. The van der Waals surface area contributed by atoms with E-state index in [4.69, 9.17) is 9.47 Å². The first-order valence-corrected chi connectivity index (χ1v) is 10.2. The fourth-order valence-corrected chi connectivity index (χ4v) is 4.43. The van der Waals surface area contributed by atoms with Crippen LogP contribution in [0.3, 0.4) is 0 Å². The fourth-order valence-electron chi connectivity index (χ4n) is 3.18. The molecule has 174 valence electrons. The van der Waals surface area contributed by atoms with Gasteiger partial charge < -0.3 is 19.7 Å². The SMILES string of the molecule is COc1ccc(C2SCCN2C(=O)Nc2cc(C(F)(F)F)cc(C(F)(F)F)c2)cc1OC. The predicted molar refractivity (Wildman–Crippen MR) is 107 cm³/mol. The number of halogens is 6. The highest BCUT2D eigenvalue weighted by Gasteiger charge is 2.38. The smallest absolute Gasteiger partial charge is 0.416 e. The van der Waals surface area contributed by atoms with Gasteiger partial charge in [-0.3, -0.25) is 0 Å². The van der Waals surface area contributed by atoms with Crippen LogP contribution in [0.4, 0.5) is 36.8 Å². The Labute approximate surface area is 183 Å². The normalized spacial score (nSPS) is 16.8.